The fraction of sp³-hybridized carbons (Fsp3) is 0.708. The quantitative estimate of drug-likeness (QED) is 0.649. The Kier molecular flexibility index (Phi) is 6.76. The van der Waals surface area contributed by atoms with Crippen molar-refractivity contribution < 1.29 is 14.4 Å². The van der Waals surface area contributed by atoms with Crippen molar-refractivity contribution >= 4 is 23.5 Å². The molecule has 0 spiro atoms. The van der Waals surface area contributed by atoms with Crippen molar-refractivity contribution in [2.24, 2.45) is 5.92 Å². The van der Waals surface area contributed by atoms with Crippen molar-refractivity contribution in [3.63, 3.8) is 0 Å². The van der Waals surface area contributed by atoms with Gasteiger partial charge in [-0.1, -0.05) is 13.8 Å². The summed E-state index contributed by atoms with van der Waals surface area (Å²) in [5.74, 6) is 2.17. The minimum absolute atomic E-state index is 0.105. The SMILES string of the molecule is Cc1nc(C2CCCN2C(=O)CCCN2CCCC2=O)nc2c1CCC(=O)N2CC(C)C. The van der Waals surface area contributed by atoms with Gasteiger partial charge in [0.1, 0.15) is 5.82 Å². The summed E-state index contributed by atoms with van der Waals surface area (Å²) in [7, 11) is 0. The molecule has 8 heteroatoms. The monoisotopic (exact) mass is 441 g/mol. The van der Waals surface area contributed by atoms with Gasteiger partial charge in [0.25, 0.3) is 0 Å². The summed E-state index contributed by atoms with van der Waals surface area (Å²) < 4.78 is 0. The lowest BCUT2D eigenvalue weighted by Crippen LogP contribution is -2.40. The number of likely N-dealkylation sites (tertiary alicyclic amines) is 2. The Balaban J connectivity index is 1.49. The van der Waals surface area contributed by atoms with E-state index in [0.717, 1.165) is 42.9 Å². The molecule has 3 amide bonds. The first-order valence-electron chi connectivity index (χ1n) is 12.1. The minimum atomic E-state index is -0.141. The van der Waals surface area contributed by atoms with Crippen LogP contribution < -0.4 is 4.90 Å². The zero-order valence-electron chi connectivity index (χ0n) is 19.6. The van der Waals surface area contributed by atoms with E-state index in [1.807, 2.05) is 21.6 Å². The van der Waals surface area contributed by atoms with Crippen LogP contribution in [0.5, 0.6) is 0 Å². The van der Waals surface area contributed by atoms with Crippen molar-refractivity contribution in [1.29, 1.82) is 0 Å². The molecule has 1 aromatic rings. The summed E-state index contributed by atoms with van der Waals surface area (Å²) in [6.07, 6.45) is 5.62. The van der Waals surface area contributed by atoms with Gasteiger partial charge in [-0.2, -0.15) is 0 Å². The third-order valence-corrected chi connectivity index (χ3v) is 6.76. The lowest BCUT2D eigenvalue weighted by molar-refractivity contribution is -0.133. The van der Waals surface area contributed by atoms with E-state index in [4.69, 9.17) is 9.97 Å². The molecule has 1 unspecified atom stereocenters. The summed E-state index contributed by atoms with van der Waals surface area (Å²) in [5, 5.41) is 0. The maximum absolute atomic E-state index is 13.0. The van der Waals surface area contributed by atoms with Gasteiger partial charge in [-0.3, -0.25) is 19.3 Å². The van der Waals surface area contributed by atoms with Gasteiger partial charge in [0.05, 0.1) is 6.04 Å². The van der Waals surface area contributed by atoms with Gasteiger partial charge >= 0.3 is 0 Å². The number of nitrogens with zero attached hydrogens (tertiary/aromatic N) is 5. The van der Waals surface area contributed by atoms with Crippen molar-refractivity contribution in [1.82, 2.24) is 19.8 Å². The summed E-state index contributed by atoms with van der Waals surface area (Å²) in [6.45, 7) is 9.01. The molecule has 4 heterocycles. The zero-order chi connectivity index (χ0) is 22.8. The molecule has 2 saturated heterocycles. The van der Waals surface area contributed by atoms with Crippen LogP contribution in [-0.4, -0.2) is 63.7 Å². The molecule has 2 fully saturated rings. The van der Waals surface area contributed by atoms with E-state index >= 15 is 0 Å². The van der Waals surface area contributed by atoms with Crippen LogP contribution in [0, 0.1) is 12.8 Å². The van der Waals surface area contributed by atoms with Crippen LogP contribution in [0.25, 0.3) is 0 Å². The average molecular weight is 442 g/mol. The zero-order valence-corrected chi connectivity index (χ0v) is 19.6. The van der Waals surface area contributed by atoms with Crippen molar-refractivity contribution in [3.8, 4) is 0 Å². The number of hydrogen-bond acceptors (Lipinski definition) is 5. The maximum atomic E-state index is 13.0. The second-order valence-corrected chi connectivity index (χ2v) is 9.70. The van der Waals surface area contributed by atoms with Gasteiger partial charge < -0.3 is 9.80 Å². The van der Waals surface area contributed by atoms with E-state index in [1.54, 1.807) is 0 Å². The van der Waals surface area contributed by atoms with Crippen LogP contribution in [0.2, 0.25) is 0 Å². The highest BCUT2D eigenvalue weighted by Crippen LogP contribution is 2.35. The number of anilines is 1. The molecule has 0 bridgehead atoms. The average Bonchev–Trinajstić information content (AvgIpc) is 3.39. The molecular weight excluding hydrogens is 406 g/mol. The molecule has 174 valence electrons. The number of aryl methyl sites for hydroxylation is 1. The second-order valence-electron chi connectivity index (χ2n) is 9.70. The van der Waals surface area contributed by atoms with Crippen LogP contribution in [0.1, 0.15) is 81.9 Å². The predicted octanol–water partition coefficient (Wildman–Crippen LogP) is 2.79. The minimum Gasteiger partial charge on any atom is -0.343 e. The molecule has 1 aromatic heterocycles. The molecule has 3 aliphatic rings. The van der Waals surface area contributed by atoms with E-state index in [-0.39, 0.29) is 23.8 Å². The number of aromatic nitrogens is 2. The van der Waals surface area contributed by atoms with Gasteiger partial charge in [-0.25, -0.2) is 9.97 Å². The van der Waals surface area contributed by atoms with Crippen LogP contribution >= 0.6 is 0 Å². The fourth-order valence-electron chi connectivity index (χ4n) is 5.14. The Morgan fingerprint density at radius 3 is 2.59 bits per heavy atom. The number of amides is 3. The van der Waals surface area contributed by atoms with Crippen molar-refractivity contribution in [2.45, 2.75) is 78.2 Å². The highest BCUT2D eigenvalue weighted by atomic mass is 16.2. The lowest BCUT2D eigenvalue weighted by Gasteiger charge is -2.32. The molecule has 0 aliphatic carbocycles. The molecule has 3 aliphatic heterocycles. The summed E-state index contributed by atoms with van der Waals surface area (Å²) in [6, 6.07) is -0.141. The van der Waals surface area contributed by atoms with Gasteiger partial charge in [-0.15, -0.1) is 0 Å². The molecule has 0 saturated carbocycles. The summed E-state index contributed by atoms with van der Waals surface area (Å²) in [5.41, 5.74) is 1.97. The van der Waals surface area contributed by atoms with E-state index in [2.05, 4.69) is 13.8 Å². The predicted molar refractivity (Wildman–Crippen MR) is 121 cm³/mol. The molecule has 8 nitrogen and oxygen atoms in total. The summed E-state index contributed by atoms with van der Waals surface area (Å²) in [4.78, 5) is 52.7. The third-order valence-electron chi connectivity index (χ3n) is 6.76. The Bertz CT molecular complexity index is 900. The molecule has 4 rings (SSSR count). The number of rotatable bonds is 7. The lowest BCUT2D eigenvalue weighted by atomic mass is 10.0. The first-order valence-corrected chi connectivity index (χ1v) is 12.1. The third kappa shape index (κ3) is 4.64. The summed E-state index contributed by atoms with van der Waals surface area (Å²) >= 11 is 0. The molecule has 0 aromatic carbocycles. The van der Waals surface area contributed by atoms with Gasteiger partial charge in [0, 0.05) is 56.7 Å². The van der Waals surface area contributed by atoms with Gasteiger partial charge in [0.2, 0.25) is 17.7 Å². The topological polar surface area (TPSA) is 86.7 Å². The van der Waals surface area contributed by atoms with Gasteiger partial charge in [-0.05, 0) is 44.9 Å². The molecule has 1 atom stereocenters. The Labute approximate surface area is 190 Å². The second kappa shape index (κ2) is 9.55. The van der Waals surface area contributed by atoms with Crippen LogP contribution in [0.4, 0.5) is 5.82 Å². The normalized spacial score (nSPS) is 21.1. The largest absolute Gasteiger partial charge is 0.343 e. The Hall–Kier alpha value is -2.51. The van der Waals surface area contributed by atoms with Crippen LogP contribution in [-0.2, 0) is 20.8 Å². The first-order chi connectivity index (χ1) is 15.3. The molecule has 32 heavy (non-hydrogen) atoms. The van der Waals surface area contributed by atoms with Gasteiger partial charge in [0.15, 0.2) is 5.82 Å². The Morgan fingerprint density at radius 1 is 1.06 bits per heavy atom. The van der Waals surface area contributed by atoms with E-state index in [9.17, 15) is 14.4 Å². The maximum Gasteiger partial charge on any atom is 0.228 e. The molecule has 0 N–H and O–H groups in total. The van der Waals surface area contributed by atoms with E-state index < -0.39 is 0 Å². The van der Waals surface area contributed by atoms with Crippen LogP contribution in [0.3, 0.4) is 0 Å². The molecular formula is C24H35N5O3. The number of hydrogen-bond donors (Lipinski definition) is 0. The number of carbonyl (C=O) groups excluding carboxylic acids is 3. The van der Waals surface area contributed by atoms with E-state index in [0.29, 0.717) is 63.5 Å². The standard InChI is InChI=1S/C24H35N5O3/c1-16(2)15-29-22(32)11-10-18-17(3)25-23(26-24(18)29)19-7-4-14-28(19)21(31)9-6-13-27-12-5-8-20(27)30/h16,19H,4-15H2,1-3H3. The number of fused-ring (bicyclic) bond motifs is 1. The first kappa shape index (κ1) is 22.7. The number of carbonyl (C=O) groups is 3. The Morgan fingerprint density at radius 2 is 1.88 bits per heavy atom. The fourth-order valence-corrected chi connectivity index (χ4v) is 5.14. The highest BCUT2D eigenvalue weighted by Gasteiger charge is 2.35. The van der Waals surface area contributed by atoms with Crippen LogP contribution in [0.15, 0.2) is 0 Å². The molecule has 0 radical (unpaired) electrons. The smallest absolute Gasteiger partial charge is 0.228 e. The van der Waals surface area contributed by atoms with Crippen molar-refractivity contribution in [3.05, 3.63) is 17.1 Å². The highest BCUT2D eigenvalue weighted by molar-refractivity contribution is 5.95. The van der Waals surface area contributed by atoms with Crippen molar-refractivity contribution in [2.75, 3.05) is 31.1 Å². The van der Waals surface area contributed by atoms with E-state index in [1.165, 1.54) is 0 Å².